The van der Waals surface area contributed by atoms with Crippen molar-refractivity contribution in [2.75, 3.05) is 0 Å². The molecule has 0 aromatic carbocycles. The minimum atomic E-state index is 0.838. The van der Waals surface area contributed by atoms with Gasteiger partial charge in [-0.25, -0.2) is 0 Å². The van der Waals surface area contributed by atoms with Crippen molar-refractivity contribution >= 4 is 12.2 Å². The Balaban J connectivity index is 1.92. The predicted octanol–water partition coefficient (Wildman–Crippen LogP) is 4.07. The van der Waals surface area contributed by atoms with E-state index in [0.29, 0.717) is 0 Å². The summed E-state index contributed by atoms with van der Waals surface area (Å²) in [5, 5.41) is 0. The van der Waals surface area contributed by atoms with Crippen molar-refractivity contribution < 1.29 is 0 Å². The molecule has 0 amide bonds. The zero-order chi connectivity index (χ0) is 11.5. The van der Waals surface area contributed by atoms with E-state index in [2.05, 4.69) is 29.6 Å². The molecule has 3 heteroatoms. The molecule has 0 unspecified atom stereocenters. The molecule has 1 heterocycles. The summed E-state index contributed by atoms with van der Waals surface area (Å²) in [5.74, 6) is 1.82. The Hall–Kier alpha value is -0.570. The maximum absolute atomic E-state index is 5.29. The van der Waals surface area contributed by atoms with Gasteiger partial charge in [-0.15, -0.1) is 0 Å². The van der Waals surface area contributed by atoms with Crippen molar-refractivity contribution in [2.24, 2.45) is 11.8 Å². The minimum absolute atomic E-state index is 0.838. The topological polar surface area (TPSA) is 20.7 Å². The van der Waals surface area contributed by atoms with Gasteiger partial charge < -0.3 is 9.55 Å². The summed E-state index contributed by atoms with van der Waals surface area (Å²) in [4.78, 5) is 3.19. The lowest BCUT2D eigenvalue weighted by Crippen LogP contribution is -2.18. The van der Waals surface area contributed by atoms with Crippen LogP contribution in [0.1, 0.15) is 44.7 Å². The summed E-state index contributed by atoms with van der Waals surface area (Å²) in [5.41, 5.74) is 1.17. The van der Waals surface area contributed by atoms with Crippen molar-refractivity contribution in [1.82, 2.24) is 9.55 Å². The van der Waals surface area contributed by atoms with Crippen LogP contribution in [0.3, 0.4) is 0 Å². The van der Waals surface area contributed by atoms with Gasteiger partial charge in [0.15, 0.2) is 4.77 Å². The second kappa shape index (κ2) is 5.17. The van der Waals surface area contributed by atoms with Crippen molar-refractivity contribution in [3.63, 3.8) is 0 Å². The van der Waals surface area contributed by atoms with E-state index in [1.54, 1.807) is 0 Å². The van der Waals surface area contributed by atoms with Crippen molar-refractivity contribution in [3.05, 3.63) is 16.7 Å². The molecule has 90 valence electrons. The first-order valence-electron chi connectivity index (χ1n) is 6.45. The van der Waals surface area contributed by atoms with Crippen LogP contribution < -0.4 is 0 Å². The molecular formula is C13H22N2S. The smallest absolute Gasteiger partial charge is 0.177 e. The summed E-state index contributed by atoms with van der Waals surface area (Å²) in [6.45, 7) is 5.50. The fourth-order valence-corrected chi connectivity index (χ4v) is 3.09. The van der Waals surface area contributed by atoms with Crippen molar-refractivity contribution in [2.45, 2.75) is 52.5 Å². The Morgan fingerprint density at radius 2 is 1.94 bits per heavy atom. The molecule has 16 heavy (non-hydrogen) atoms. The average molecular weight is 238 g/mol. The summed E-state index contributed by atoms with van der Waals surface area (Å²) < 4.78 is 3.09. The normalized spacial score (nSPS) is 25.9. The van der Waals surface area contributed by atoms with E-state index in [1.807, 2.05) is 0 Å². The van der Waals surface area contributed by atoms with Gasteiger partial charge in [-0.2, -0.15) is 0 Å². The van der Waals surface area contributed by atoms with Crippen LogP contribution >= 0.6 is 12.2 Å². The number of rotatable bonds is 3. The number of nitrogens with one attached hydrogen (secondary N) is 1. The highest BCUT2D eigenvalue weighted by Crippen LogP contribution is 2.31. The van der Waals surface area contributed by atoms with Gasteiger partial charge in [0.25, 0.3) is 0 Å². The van der Waals surface area contributed by atoms with Crippen LogP contribution in [0.5, 0.6) is 0 Å². The number of H-pyrrole nitrogens is 1. The summed E-state index contributed by atoms with van der Waals surface area (Å²) in [6.07, 6.45) is 9.09. The van der Waals surface area contributed by atoms with E-state index in [9.17, 15) is 0 Å². The lowest BCUT2D eigenvalue weighted by atomic mass is 9.81. The van der Waals surface area contributed by atoms with Crippen LogP contribution in [0.4, 0.5) is 0 Å². The Morgan fingerprint density at radius 3 is 2.44 bits per heavy atom. The van der Waals surface area contributed by atoms with Gasteiger partial charge in [-0.3, -0.25) is 0 Å². The van der Waals surface area contributed by atoms with E-state index in [0.717, 1.165) is 23.2 Å². The molecule has 0 bridgehead atoms. The number of imidazole rings is 1. The van der Waals surface area contributed by atoms with Gasteiger partial charge in [0.05, 0.1) is 0 Å². The van der Waals surface area contributed by atoms with E-state index < -0.39 is 0 Å². The fourth-order valence-electron chi connectivity index (χ4n) is 2.80. The standard InChI is InChI=1S/C13H22N2S/c1-3-11-4-6-12(7-5-11)9-15-8-10(2)14-13(15)16/h8,11-12H,3-7,9H2,1-2H3,(H,14,16). The van der Waals surface area contributed by atoms with Gasteiger partial charge in [0, 0.05) is 18.4 Å². The lowest BCUT2D eigenvalue weighted by molar-refractivity contribution is 0.247. The molecule has 1 aliphatic carbocycles. The number of nitrogens with zero attached hydrogens (tertiary/aromatic N) is 1. The van der Waals surface area contributed by atoms with Gasteiger partial charge in [-0.1, -0.05) is 26.2 Å². The van der Waals surface area contributed by atoms with Crippen molar-refractivity contribution in [1.29, 1.82) is 0 Å². The molecule has 0 radical (unpaired) electrons. The Morgan fingerprint density at radius 1 is 1.31 bits per heavy atom. The van der Waals surface area contributed by atoms with Gasteiger partial charge in [0.2, 0.25) is 0 Å². The van der Waals surface area contributed by atoms with Gasteiger partial charge in [0.1, 0.15) is 0 Å². The zero-order valence-electron chi connectivity index (χ0n) is 10.3. The molecule has 1 aromatic rings. The molecule has 1 N–H and O–H groups in total. The van der Waals surface area contributed by atoms with E-state index in [-0.39, 0.29) is 0 Å². The highest BCUT2D eigenvalue weighted by molar-refractivity contribution is 7.71. The molecule has 1 aliphatic rings. The van der Waals surface area contributed by atoms with Crippen molar-refractivity contribution in [3.8, 4) is 0 Å². The molecule has 0 saturated heterocycles. The number of aromatic amines is 1. The monoisotopic (exact) mass is 238 g/mol. The second-order valence-electron chi connectivity index (χ2n) is 5.19. The summed E-state index contributed by atoms with van der Waals surface area (Å²) in [6, 6.07) is 0. The highest BCUT2D eigenvalue weighted by atomic mass is 32.1. The molecule has 0 aliphatic heterocycles. The molecule has 1 aromatic heterocycles. The fraction of sp³-hybridized carbons (Fsp3) is 0.769. The Labute approximate surface area is 103 Å². The maximum Gasteiger partial charge on any atom is 0.177 e. The Kier molecular flexibility index (Phi) is 3.85. The third-order valence-electron chi connectivity index (χ3n) is 3.91. The second-order valence-corrected chi connectivity index (χ2v) is 5.58. The van der Waals surface area contributed by atoms with Crippen LogP contribution in [0, 0.1) is 23.5 Å². The predicted molar refractivity (Wildman–Crippen MR) is 70.1 cm³/mol. The molecule has 1 saturated carbocycles. The highest BCUT2D eigenvalue weighted by Gasteiger charge is 2.20. The summed E-state index contributed by atoms with van der Waals surface area (Å²) >= 11 is 5.29. The maximum atomic E-state index is 5.29. The SMILES string of the molecule is CCC1CCC(Cn2cc(C)[nH]c2=S)CC1. The summed E-state index contributed by atoms with van der Waals surface area (Å²) in [7, 11) is 0. The number of hydrogen-bond acceptors (Lipinski definition) is 1. The third kappa shape index (κ3) is 2.76. The Bertz CT molecular complexity index is 383. The minimum Gasteiger partial charge on any atom is -0.335 e. The molecule has 2 nitrogen and oxygen atoms in total. The van der Waals surface area contributed by atoms with E-state index in [1.165, 1.54) is 37.8 Å². The molecular weight excluding hydrogens is 216 g/mol. The van der Waals surface area contributed by atoms with Crippen LogP contribution in [0.25, 0.3) is 0 Å². The quantitative estimate of drug-likeness (QED) is 0.787. The first-order valence-corrected chi connectivity index (χ1v) is 6.86. The van der Waals surface area contributed by atoms with Crippen LogP contribution in [-0.2, 0) is 6.54 Å². The van der Waals surface area contributed by atoms with E-state index >= 15 is 0 Å². The number of aryl methyl sites for hydroxylation is 1. The average Bonchev–Trinajstić information content (AvgIpc) is 2.59. The molecule has 0 atom stereocenters. The van der Waals surface area contributed by atoms with E-state index in [4.69, 9.17) is 12.2 Å². The first kappa shape index (κ1) is 11.9. The zero-order valence-corrected chi connectivity index (χ0v) is 11.1. The van der Waals surface area contributed by atoms with Crippen LogP contribution in [-0.4, -0.2) is 9.55 Å². The van der Waals surface area contributed by atoms with Crippen LogP contribution in [0.15, 0.2) is 6.20 Å². The lowest BCUT2D eigenvalue weighted by Gasteiger charge is -2.27. The van der Waals surface area contributed by atoms with Crippen LogP contribution in [0.2, 0.25) is 0 Å². The van der Waals surface area contributed by atoms with Gasteiger partial charge in [-0.05, 0) is 43.8 Å². The number of hydrogen-bond donors (Lipinski definition) is 1. The largest absolute Gasteiger partial charge is 0.335 e. The molecule has 0 spiro atoms. The molecule has 1 fully saturated rings. The first-order chi connectivity index (χ1) is 7.69. The molecule has 2 rings (SSSR count). The third-order valence-corrected chi connectivity index (χ3v) is 4.25. The number of aromatic nitrogens is 2. The van der Waals surface area contributed by atoms with Gasteiger partial charge >= 0.3 is 0 Å².